The lowest BCUT2D eigenvalue weighted by Gasteiger charge is -2.19. The fourth-order valence-electron chi connectivity index (χ4n) is 2.55. The van der Waals surface area contributed by atoms with E-state index in [1.807, 2.05) is 42.6 Å². The van der Waals surface area contributed by atoms with Gasteiger partial charge in [-0.1, -0.05) is 30.3 Å². The van der Waals surface area contributed by atoms with Crippen LogP contribution in [0.25, 0.3) is 0 Å². The van der Waals surface area contributed by atoms with Crippen LogP contribution in [0.15, 0.2) is 67.1 Å². The quantitative estimate of drug-likeness (QED) is 0.557. The summed E-state index contributed by atoms with van der Waals surface area (Å²) in [5, 5.41) is 7.00. The Morgan fingerprint density at radius 2 is 1.88 bits per heavy atom. The highest BCUT2D eigenvalue weighted by atomic mass is 16.2. The van der Waals surface area contributed by atoms with E-state index < -0.39 is 11.7 Å². The Morgan fingerprint density at radius 1 is 1.08 bits per heavy atom. The van der Waals surface area contributed by atoms with Gasteiger partial charge in [0.1, 0.15) is 0 Å². The first kappa shape index (κ1) is 15.7. The van der Waals surface area contributed by atoms with E-state index in [1.165, 1.54) is 0 Å². The van der Waals surface area contributed by atoms with Crippen LogP contribution in [0.4, 0.5) is 0 Å². The molecule has 0 radical (unpaired) electrons. The number of carbonyl (C=O) groups is 2. The Morgan fingerprint density at radius 3 is 2.50 bits per heavy atom. The number of nitrogens with zero attached hydrogens (tertiary/aromatic N) is 3. The number of rotatable bonds is 6. The second kappa shape index (κ2) is 6.95. The van der Waals surface area contributed by atoms with E-state index in [1.54, 1.807) is 40.8 Å². The SMILES string of the molecule is Cn1cccc1C(=O)C(=O)N[C@H](Cn1cccn1)c1ccccc1. The van der Waals surface area contributed by atoms with Crippen LogP contribution < -0.4 is 5.32 Å². The van der Waals surface area contributed by atoms with E-state index in [9.17, 15) is 9.59 Å². The third kappa shape index (κ3) is 3.43. The monoisotopic (exact) mass is 322 g/mol. The number of amides is 1. The molecule has 2 aromatic heterocycles. The van der Waals surface area contributed by atoms with Gasteiger partial charge in [0, 0.05) is 25.6 Å². The summed E-state index contributed by atoms with van der Waals surface area (Å²) in [7, 11) is 1.74. The molecule has 2 heterocycles. The van der Waals surface area contributed by atoms with E-state index >= 15 is 0 Å². The topological polar surface area (TPSA) is 68.9 Å². The number of benzene rings is 1. The average molecular weight is 322 g/mol. The summed E-state index contributed by atoms with van der Waals surface area (Å²) in [6, 6.07) is 14.4. The lowest BCUT2D eigenvalue weighted by molar-refractivity contribution is -0.117. The van der Waals surface area contributed by atoms with Gasteiger partial charge in [0.15, 0.2) is 0 Å². The van der Waals surface area contributed by atoms with Crippen molar-refractivity contribution < 1.29 is 9.59 Å². The molecule has 3 aromatic rings. The molecule has 0 aliphatic carbocycles. The number of aromatic nitrogens is 3. The maximum Gasteiger partial charge on any atom is 0.294 e. The first-order valence-corrected chi connectivity index (χ1v) is 7.64. The van der Waals surface area contributed by atoms with Gasteiger partial charge in [0.2, 0.25) is 0 Å². The maximum atomic E-state index is 12.4. The molecule has 122 valence electrons. The minimum Gasteiger partial charge on any atom is -0.348 e. The van der Waals surface area contributed by atoms with Crippen LogP contribution in [0.2, 0.25) is 0 Å². The molecule has 0 spiro atoms. The zero-order valence-electron chi connectivity index (χ0n) is 13.3. The first-order valence-electron chi connectivity index (χ1n) is 7.64. The van der Waals surface area contributed by atoms with Crippen LogP contribution in [-0.4, -0.2) is 26.0 Å². The van der Waals surface area contributed by atoms with Crippen molar-refractivity contribution in [1.82, 2.24) is 19.7 Å². The fraction of sp³-hybridized carbons (Fsp3) is 0.167. The molecule has 3 rings (SSSR count). The van der Waals surface area contributed by atoms with Gasteiger partial charge in [-0.15, -0.1) is 0 Å². The molecule has 1 atom stereocenters. The Hall–Kier alpha value is -3.15. The molecule has 1 amide bonds. The Bertz CT molecular complexity index is 822. The third-order valence-corrected chi connectivity index (χ3v) is 3.82. The maximum absolute atomic E-state index is 12.4. The van der Waals surface area contributed by atoms with Crippen molar-refractivity contribution in [2.24, 2.45) is 7.05 Å². The van der Waals surface area contributed by atoms with Crippen molar-refractivity contribution in [1.29, 1.82) is 0 Å². The summed E-state index contributed by atoms with van der Waals surface area (Å²) in [5.41, 5.74) is 1.28. The summed E-state index contributed by atoms with van der Waals surface area (Å²) in [5.74, 6) is -1.18. The van der Waals surface area contributed by atoms with Gasteiger partial charge in [0.05, 0.1) is 18.3 Å². The largest absolute Gasteiger partial charge is 0.348 e. The molecule has 0 saturated heterocycles. The van der Waals surface area contributed by atoms with Gasteiger partial charge in [-0.2, -0.15) is 5.10 Å². The molecule has 6 nitrogen and oxygen atoms in total. The average Bonchev–Trinajstić information content (AvgIpc) is 3.26. The van der Waals surface area contributed by atoms with Crippen LogP contribution in [0.5, 0.6) is 0 Å². The Labute approximate surface area is 139 Å². The zero-order valence-corrected chi connectivity index (χ0v) is 13.3. The summed E-state index contributed by atoms with van der Waals surface area (Å²) < 4.78 is 3.36. The summed E-state index contributed by atoms with van der Waals surface area (Å²) in [6.07, 6.45) is 5.24. The molecule has 6 heteroatoms. The summed E-state index contributed by atoms with van der Waals surface area (Å²) in [6.45, 7) is 0.448. The van der Waals surface area contributed by atoms with Crippen molar-refractivity contribution in [2.45, 2.75) is 12.6 Å². The van der Waals surface area contributed by atoms with E-state index in [-0.39, 0.29) is 6.04 Å². The number of Topliss-reactive ketones (excluding diaryl/α,β-unsaturated/α-hetero) is 1. The fourth-order valence-corrected chi connectivity index (χ4v) is 2.55. The van der Waals surface area contributed by atoms with Gasteiger partial charge in [-0.3, -0.25) is 14.3 Å². The third-order valence-electron chi connectivity index (χ3n) is 3.82. The zero-order chi connectivity index (χ0) is 16.9. The summed E-state index contributed by atoms with van der Waals surface area (Å²) in [4.78, 5) is 24.7. The minimum atomic E-state index is -0.627. The number of aryl methyl sites for hydroxylation is 1. The van der Waals surface area contributed by atoms with Gasteiger partial charge in [-0.05, 0) is 23.8 Å². The van der Waals surface area contributed by atoms with Crippen LogP contribution in [0.1, 0.15) is 22.1 Å². The van der Waals surface area contributed by atoms with Crippen LogP contribution in [0.3, 0.4) is 0 Å². The van der Waals surface area contributed by atoms with Gasteiger partial charge in [0.25, 0.3) is 11.7 Å². The number of hydrogen-bond donors (Lipinski definition) is 1. The second-order valence-corrected chi connectivity index (χ2v) is 5.50. The molecule has 0 saturated carbocycles. The van der Waals surface area contributed by atoms with Crippen LogP contribution >= 0.6 is 0 Å². The highest BCUT2D eigenvalue weighted by Gasteiger charge is 2.23. The molecular weight excluding hydrogens is 304 g/mol. The summed E-state index contributed by atoms with van der Waals surface area (Å²) >= 11 is 0. The van der Waals surface area contributed by atoms with Crippen molar-refractivity contribution in [3.05, 3.63) is 78.4 Å². The molecular formula is C18H18N4O2. The number of hydrogen-bond acceptors (Lipinski definition) is 3. The van der Waals surface area contributed by atoms with Crippen molar-refractivity contribution in [2.75, 3.05) is 0 Å². The lowest BCUT2D eigenvalue weighted by Crippen LogP contribution is -2.37. The molecule has 1 aromatic carbocycles. The normalized spacial score (nSPS) is 11.9. The first-order chi connectivity index (χ1) is 11.6. The molecule has 0 aliphatic rings. The molecule has 1 N–H and O–H groups in total. The number of nitrogens with one attached hydrogen (secondary N) is 1. The van der Waals surface area contributed by atoms with E-state index in [4.69, 9.17) is 0 Å². The van der Waals surface area contributed by atoms with E-state index in [2.05, 4.69) is 10.4 Å². The number of carbonyl (C=O) groups excluding carboxylic acids is 2. The Kier molecular flexibility index (Phi) is 4.56. The lowest BCUT2D eigenvalue weighted by atomic mass is 10.1. The van der Waals surface area contributed by atoms with Gasteiger partial charge < -0.3 is 9.88 Å². The Balaban J connectivity index is 1.80. The molecule has 24 heavy (non-hydrogen) atoms. The minimum absolute atomic E-state index is 0.345. The van der Waals surface area contributed by atoms with Crippen molar-refractivity contribution >= 4 is 11.7 Å². The predicted molar refractivity (Wildman–Crippen MR) is 89.3 cm³/mol. The molecule has 0 fully saturated rings. The highest BCUT2D eigenvalue weighted by Crippen LogP contribution is 2.15. The standard InChI is InChI=1S/C18H18N4O2/c1-21-11-5-9-16(21)17(23)18(24)20-15(13-22-12-6-10-19-22)14-7-3-2-4-8-14/h2-12,15H,13H2,1H3,(H,20,24)/t15-/m1/s1. The molecule has 0 aliphatic heterocycles. The highest BCUT2D eigenvalue weighted by molar-refractivity contribution is 6.42. The second-order valence-electron chi connectivity index (χ2n) is 5.50. The smallest absolute Gasteiger partial charge is 0.294 e. The molecule has 0 unspecified atom stereocenters. The van der Waals surface area contributed by atoms with Crippen molar-refractivity contribution in [3.63, 3.8) is 0 Å². The van der Waals surface area contributed by atoms with E-state index in [0.29, 0.717) is 12.2 Å². The van der Waals surface area contributed by atoms with E-state index in [0.717, 1.165) is 5.56 Å². The molecule has 0 bridgehead atoms. The van der Waals surface area contributed by atoms with Crippen LogP contribution in [-0.2, 0) is 18.4 Å². The van der Waals surface area contributed by atoms with Crippen LogP contribution in [0, 0.1) is 0 Å². The predicted octanol–water partition coefficient (Wildman–Crippen LogP) is 1.96. The van der Waals surface area contributed by atoms with Gasteiger partial charge >= 0.3 is 0 Å². The van der Waals surface area contributed by atoms with Crippen molar-refractivity contribution in [3.8, 4) is 0 Å². The van der Waals surface area contributed by atoms with Gasteiger partial charge in [-0.25, -0.2) is 0 Å². The number of ketones is 1.